The van der Waals surface area contributed by atoms with Crippen LogP contribution in [0.3, 0.4) is 0 Å². The molecule has 0 atom stereocenters. The monoisotopic (exact) mass is 566 g/mol. The Bertz CT molecular complexity index is 2200. The summed E-state index contributed by atoms with van der Waals surface area (Å²) in [5, 5.41) is 5.73. The molecule has 0 amide bonds. The molecule has 214 valence electrons. The van der Waals surface area contributed by atoms with Crippen LogP contribution in [0.4, 0.5) is 0 Å². The van der Waals surface area contributed by atoms with Crippen molar-refractivity contribution in [1.82, 2.24) is 0 Å². The van der Waals surface area contributed by atoms with Gasteiger partial charge in [0.2, 0.25) is 0 Å². The van der Waals surface area contributed by atoms with Crippen molar-refractivity contribution in [3.63, 3.8) is 0 Å². The third-order valence-electron chi connectivity index (χ3n) is 12.6. The van der Waals surface area contributed by atoms with E-state index < -0.39 is 0 Å². The molecule has 6 aromatic rings. The molecule has 0 aliphatic heterocycles. The van der Waals surface area contributed by atoms with E-state index in [-0.39, 0.29) is 21.7 Å². The van der Waals surface area contributed by atoms with Crippen LogP contribution in [0.5, 0.6) is 0 Å². The predicted molar refractivity (Wildman–Crippen MR) is 186 cm³/mol. The summed E-state index contributed by atoms with van der Waals surface area (Å²) in [5.74, 6) is 0. The minimum atomic E-state index is -0.0633. The molecule has 0 nitrogen and oxygen atoms in total. The summed E-state index contributed by atoms with van der Waals surface area (Å²) in [5.41, 5.74) is 20.3. The first-order chi connectivity index (χ1) is 20.9. The van der Waals surface area contributed by atoms with Gasteiger partial charge in [0, 0.05) is 21.7 Å². The summed E-state index contributed by atoms with van der Waals surface area (Å²) in [6, 6.07) is 33.5. The molecule has 0 saturated carbocycles. The van der Waals surface area contributed by atoms with Crippen LogP contribution < -0.4 is 0 Å². The standard InChI is InChI=1S/C44H38/c1-41(2)27-15-9-13-23-25(21-33-39(35(23)27)37-29(41)17-11-19-31(37)43(33,5)6)26-22-34-40-36-24(26)14-10-16-28(36)42(3,4)30-18-12-20-32(38(30)40)44(34,7)8/h9-22H,1-8H3. The summed E-state index contributed by atoms with van der Waals surface area (Å²) in [4.78, 5) is 0. The van der Waals surface area contributed by atoms with Crippen LogP contribution in [0.25, 0.3) is 54.9 Å². The van der Waals surface area contributed by atoms with Crippen molar-refractivity contribution in [1.29, 1.82) is 0 Å². The van der Waals surface area contributed by atoms with Gasteiger partial charge in [-0.2, -0.15) is 0 Å². The zero-order chi connectivity index (χ0) is 30.3. The van der Waals surface area contributed by atoms with Crippen LogP contribution >= 0.6 is 0 Å². The lowest BCUT2D eigenvalue weighted by Crippen LogP contribution is -2.24. The van der Waals surface area contributed by atoms with Crippen LogP contribution in [0.2, 0.25) is 0 Å². The van der Waals surface area contributed by atoms with Gasteiger partial charge in [-0.1, -0.05) is 128 Å². The number of hydrogen-bond donors (Lipinski definition) is 0. The van der Waals surface area contributed by atoms with E-state index >= 15 is 0 Å². The van der Waals surface area contributed by atoms with Crippen molar-refractivity contribution in [3.8, 4) is 33.4 Å². The molecule has 0 fully saturated rings. The maximum atomic E-state index is 2.59. The largest absolute Gasteiger partial charge is 0.0616 e. The lowest BCUT2D eigenvalue weighted by molar-refractivity contribution is 0.639. The fraction of sp³-hybridized carbons (Fsp3) is 0.273. The molecule has 0 heterocycles. The van der Waals surface area contributed by atoms with E-state index in [2.05, 4.69) is 140 Å². The molecule has 4 aliphatic carbocycles. The fourth-order valence-corrected chi connectivity index (χ4v) is 10.2. The van der Waals surface area contributed by atoms with Gasteiger partial charge < -0.3 is 0 Å². The molecule has 0 unspecified atom stereocenters. The molecule has 0 N–H and O–H groups in total. The Morgan fingerprint density at radius 3 is 0.977 bits per heavy atom. The summed E-state index contributed by atoms with van der Waals surface area (Å²) in [7, 11) is 0. The highest BCUT2D eigenvalue weighted by Crippen LogP contribution is 2.63. The second-order valence-electron chi connectivity index (χ2n) is 16.1. The second kappa shape index (κ2) is 7.21. The minimum Gasteiger partial charge on any atom is -0.0616 e. The van der Waals surface area contributed by atoms with Gasteiger partial charge in [-0.05, 0) is 112 Å². The van der Waals surface area contributed by atoms with Gasteiger partial charge >= 0.3 is 0 Å². The van der Waals surface area contributed by atoms with Crippen LogP contribution in [0.1, 0.15) is 99.9 Å². The molecule has 6 aromatic carbocycles. The normalized spacial score (nSPS) is 19.2. The summed E-state index contributed by atoms with van der Waals surface area (Å²) < 4.78 is 0. The van der Waals surface area contributed by atoms with Gasteiger partial charge in [0.1, 0.15) is 0 Å². The third-order valence-corrected chi connectivity index (χ3v) is 12.6. The van der Waals surface area contributed by atoms with Crippen LogP contribution in [-0.4, -0.2) is 0 Å². The number of benzene rings is 6. The molecule has 0 bridgehead atoms. The van der Waals surface area contributed by atoms with E-state index in [1.165, 1.54) is 99.4 Å². The molecule has 10 rings (SSSR count). The number of rotatable bonds is 1. The Morgan fingerprint density at radius 1 is 0.318 bits per heavy atom. The zero-order valence-corrected chi connectivity index (χ0v) is 27.1. The molecule has 0 radical (unpaired) electrons. The second-order valence-corrected chi connectivity index (χ2v) is 16.1. The molecule has 0 aromatic heterocycles. The van der Waals surface area contributed by atoms with E-state index in [9.17, 15) is 0 Å². The Labute approximate surface area is 260 Å². The molecular weight excluding hydrogens is 528 g/mol. The van der Waals surface area contributed by atoms with Crippen LogP contribution in [-0.2, 0) is 21.7 Å². The van der Waals surface area contributed by atoms with Crippen molar-refractivity contribution >= 4 is 21.5 Å². The maximum absolute atomic E-state index is 2.59. The van der Waals surface area contributed by atoms with Crippen LogP contribution in [0.15, 0.2) is 84.9 Å². The maximum Gasteiger partial charge on any atom is 0.0159 e. The first-order valence-corrected chi connectivity index (χ1v) is 16.4. The summed E-state index contributed by atoms with van der Waals surface area (Å²) in [6.07, 6.45) is 0. The Morgan fingerprint density at radius 2 is 0.614 bits per heavy atom. The lowest BCUT2D eigenvalue weighted by atomic mass is 9.67. The topological polar surface area (TPSA) is 0 Å². The van der Waals surface area contributed by atoms with E-state index in [0.29, 0.717) is 0 Å². The average molecular weight is 567 g/mol. The van der Waals surface area contributed by atoms with Crippen molar-refractivity contribution < 1.29 is 0 Å². The highest BCUT2D eigenvalue weighted by atomic mass is 14.5. The first kappa shape index (κ1) is 25.2. The van der Waals surface area contributed by atoms with Gasteiger partial charge in [-0.3, -0.25) is 0 Å². The quantitative estimate of drug-likeness (QED) is 0.186. The smallest absolute Gasteiger partial charge is 0.0159 e. The zero-order valence-electron chi connectivity index (χ0n) is 27.1. The van der Waals surface area contributed by atoms with Crippen molar-refractivity contribution in [2.24, 2.45) is 0 Å². The van der Waals surface area contributed by atoms with E-state index in [4.69, 9.17) is 0 Å². The highest BCUT2D eigenvalue weighted by molar-refractivity contribution is 6.19. The van der Waals surface area contributed by atoms with Crippen LogP contribution in [0, 0.1) is 0 Å². The third kappa shape index (κ3) is 2.48. The van der Waals surface area contributed by atoms with Gasteiger partial charge in [0.05, 0.1) is 0 Å². The average Bonchev–Trinajstić information content (AvgIpc) is 3.38. The van der Waals surface area contributed by atoms with Gasteiger partial charge in [0.25, 0.3) is 0 Å². The first-order valence-electron chi connectivity index (χ1n) is 16.4. The molecule has 0 heteroatoms. The molecule has 0 saturated heterocycles. The number of hydrogen-bond acceptors (Lipinski definition) is 0. The van der Waals surface area contributed by atoms with Gasteiger partial charge in [-0.15, -0.1) is 0 Å². The summed E-state index contributed by atoms with van der Waals surface area (Å²) >= 11 is 0. The van der Waals surface area contributed by atoms with Crippen molar-refractivity contribution in [2.45, 2.75) is 77.0 Å². The Kier molecular flexibility index (Phi) is 4.13. The van der Waals surface area contributed by atoms with Gasteiger partial charge in [-0.25, -0.2) is 0 Å². The Hall–Kier alpha value is -4.16. The predicted octanol–water partition coefficient (Wildman–Crippen LogP) is 11.6. The SMILES string of the molecule is CC1(C)c2cccc3c2-c2c1cc(-c1cc4c5c6c(cccc16)C(C)(C)c1cccc(c1-5)C4(C)C)c1cccc(c21)C3(C)C. The molecule has 4 aliphatic rings. The van der Waals surface area contributed by atoms with E-state index in [0.717, 1.165) is 0 Å². The molecule has 44 heavy (non-hydrogen) atoms. The van der Waals surface area contributed by atoms with E-state index in [1.54, 1.807) is 0 Å². The van der Waals surface area contributed by atoms with Crippen molar-refractivity contribution in [2.75, 3.05) is 0 Å². The molecule has 0 spiro atoms. The lowest BCUT2D eigenvalue weighted by Gasteiger charge is -2.36. The molecular formula is C44H38. The summed E-state index contributed by atoms with van der Waals surface area (Å²) in [6.45, 7) is 19.5. The Balaban J connectivity index is 1.41. The fourth-order valence-electron chi connectivity index (χ4n) is 10.2. The minimum absolute atomic E-state index is 0.0628. The van der Waals surface area contributed by atoms with Gasteiger partial charge in [0.15, 0.2) is 0 Å². The highest BCUT2D eigenvalue weighted by Gasteiger charge is 2.47. The van der Waals surface area contributed by atoms with E-state index in [1.807, 2.05) is 0 Å². The van der Waals surface area contributed by atoms with Crippen molar-refractivity contribution in [3.05, 3.63) is 129 Å².